The molecular formula is C19H24ClN3O. The van der Waals surface area contributed by atoms with Gasteiger partial charge in [-0.05, 0) is 31.9 Å². The lowest BCUT2D eigenvalue weighted by atomic mass is 9.96. The molecule has 1 aliphatic rings. The highest BCUT2D eigenvalue weighted by Crippen LogP contribution is 2.24. The molecule has 3 rings (SSSR count). The van der Waals surface area contributed by atoms with Crippen LogP contribution in [0.25, 0.3) is 5.69 Å². The molecule has 5 heteroatoms. The third kappa shape index (κ3) is 3.81. The van der Waals surface area contributed by atoms with E-state index in [1.54, 1.807) is 4.68 Å². The van der Waals surface area contributed by atoms with Crippen LogP contribution in [0.4, 0.5) is 0 Å². The van der Waals surface area contributed by atoms with Gasteiger partial charge in [0.25, 0.3) is 5.91 Å². The zero-order valence-electron chi connectivity index (χ0n) is 14.1. The lowest BCUT2D eigenvalue weighted by molar-refractivity contribution is 0.0930. The zero-order chi connectivity index (χ0) is 16.9. The molecule has 1 aromatic heterocycles. The van der Waals surface area contributed by atoms with Crippen LogP contribution in [0.1, 0.15) is 61.0 Å². The molecule has 1 aliphatic carbocycles. The van der Waals surface area contributed by atoms with E-state index in [2.05, 4.69) is 10.4 Å². The summed E-state index contributed by atoms with van der Waals surface area (Å²) in [4.78, 5) is 12.7. The highest BCUT2D eigenvalue weighted by Gasteiger charge is 2.23. The summed E-state index contributed by atoms with van der Waals surface area (Å²) in [6.45, 7) is 1.83. The number of nitrogens with zero attached hydrogens (tertiary/aromatic N) is 2. The smallest absolute Gasteiger partial charge is 0.256 e. The fraction of sp³-hybridized carbons (Fsp3) is 0.474. The number of aromatic nitrogens is 2. The number of hydrogen-bond acceptors (Lipinski definition) is 2. The number of carbonyl (C=O) groups is 1. The van der Waals surface area contributed by atoms with Gasteiger partial charge in [-0.1, -0.05) is 61.9 Å². The number of rotatable bonds is 3. The van der Waals surface area contributed by atoms with Crippen molar-refractivity contribution in [3.8, 4) is 5.69 Å². The van der Waals surface area contributed by atoms with Crippen LogP contribution in [0.2, 0.25) is 5.15 Å². The molecule has 0 saturated heterocycles. The van der Waals surface area contributed by atoms with E-state index in [9.17, 15) is 4.79 Å². The van der Waals surface area contributed by atoms with E-state index in [1.807, 2.05) is 37.3 Å². The van der Waals surface area contributed by atoms with E-state index in [0.717, 1.165) is 18.5 Å². The molecule has 0 radical (unpaired) electrons. The van der Waals surface area contributed by atoms with E-state index in [0.29, 0.717) is 16.4 Å². The van der Waals surface area contributed by atoms with Gasteiger partial charge in [0.15, 0.2) is 0 Å². The predicted octanol–water partition coefficient (Wildman–Crippen LogP) is 4.68. The number of nitrogens with one attached hydrogen (secondary N) is 1. The standard InChI is InChI=1S/C19H24ClN3O/c1-14-17(18(20)23(22-14)16-12-8-5-9-13-16)19(24)21-15-10-6-3-2-4-7-11-15/h5,8-9,12-13,15H,2-4,6-7,10-11H2,1H3,(H,21,24). The molecule has 1 amide bonds. The molecule has 0 aliphatic heterocycles. The average Bonchev–Trinajstić information content (AvgIpc) is 2.85. The van der Waals surface area contributed by atoms with Gasteiger partial charge in [0.1, 0.15) is 5.15 Å². The number of para-hydroxylation sites is 1. The topological polar surface area (TPSA) is 46.9 Å². The van der Waals surface area contributed by atoms with Crippen molar-refractivity contribution in [2.75, 3.05) is 0 Å². The summed E-state index contributed by atoms with van der Waals surface area (Å²) in [5.41, 5.74) is 2.00. The molecule has 1 saturated carbocycles. The van der Waals surface area contributed by atoms with Gasteiger partial charge in [0.05, 0.1) is 16.9 Å². The molecule has 4 nitrogen and oxygen atoms in total. The Morgan fingerprint density at radius 2 is 1.75 bits per heavy atom. The molecule has 24 heavy (non-hydrogen) atoms. The van der Waals surface area contributed by atoms with Gasteiger partial charge in [-0.15, -0.1) is 0 Å². The van der Waals surface area contributed by atoms with Crippen LogP contribution in [0, 0.1) is 6.92 Å². The minimum atomic E-state index is -0.106. The lowest BCUT2D eigenvalue weighted by Crippen LogP contribution is -2.35. The second kappa shape index (κ2) is 7.84. The molecule has 2 aromatic rings. The Morgan fingerprint density at radius 3 is 2.42 bits per heavy atom. The van der Waals surface area contributed by atoms with E-state index >= 15 is 0 Å². The van der Waals surface area contributed by atoms with Crippen LogP contribution in [0.3, 0.4) is 0 Å². The SMILES string of the molecule is Cc1nn(-c2ccccc2)c(Cl)c1C(=O)NC1CCCCCCC1. The summed E-state index contributed by atoms with van der Waals surface area (Å²) in [6.07, 6.45) is 8.30. The first kappa shape index (κ1) is 17.0. The van der Waals surface area contributed by atoms with E-state index in [-0.39, 0.29) is 11.9 Å². The van der Waals surface area contributed by atoms with Crippen LogP contribution in [-0.4, -0.2) is 21.7 Å². The van der Waals surface area contributed by atoms with Crippen molar-refractivity contribution in [3.63, 3.8) is 0 Å². The molecule has 1 fully saturated rings. The normalized spacial score (nSPS) is 16.4. The molecule has 0 atom stereocenters. The highest BCUT2D eigenvalue weighted by atomic mass is 35.5. The number of carbonyl (C=O) groups excluding carboxylic acids is 1. The van der Waals surface area contributed by atoms with E-state index in [4.69, 9.17) is 11.6 Å². The van der Waals surface area contributed by atoms with Crippen molar-refractivity contribution in [1.29, 1.82) is 0 Å². The lowest BCUT2D eigenvalue weighted by Gasteiger charge is -2.21. The van der Waals surface area contributed by atoms with Crippen molar-refractivity contribution in [2.24, 2.45) is 0 Å². The maximum Gasteiger partial charge on any atom is 0.256 e. The monoisotopic (exact) mass is 345 g/mol. The van der Waals surface area contributed by atoms with Crippen molar-refractivity contribution >= 4 is 17.5 Å². The largest absolute Gasteiger partial charge is 0.349 e. The van der Waals surface area contributed by atoms with Crippen molar-refractivity contribution in [1.82, 2.24) is 15.1 Å². The van der Waals surface area contributed by atoms with E-state index < -0.39 is 0 Å². The molecule has 1 heterocycles. The summed E-state index contributed by atoms with van der Waals surface area (Å²) in [7, 11) is 0. The number of benzene rings is 1. The highest BCUT2D eigenvalue weighted by molar-refractivity contribution is 6.33. The second-order valence-electron chi connectivity index (χ2n) is 6.51. The molecule has 0 bridgehead atoms. The Kier molecular flexibility index (Phi) is 5.56. The first-order valence-electron chi connectivity index (χ1n) is 8.78. The van der Waals surface area contributed by atoms with Gasteiger partial charge in [-0.2, -0.15) is 5.10 Å². The summed E-state index contributed by atoms with van der Waals surface area (Å²) < 4.78 is 1.63. The van der Waals surface area contributed by atoms with Crippen molar-refractivity contribution in [2.45, 2.75) is 57.9 Å². The van der Waals surface area contributed by atoms with Crippen molar-refractivity contribution in [3.05, 3.63) is 46.7 Å². The predicted molar refractivity (Wildman–Crippen MR) is 96.9 cm³/mol. The molecule has 1 N–H and O–H groups in total. The molecule has 0 spiro atoms. The Hall–Kier alpha value is -1.81. The van der Waals surface area contributed by atoms with Gasteiger partial charge in [0, 0.05) is 6.04 Å². The fourth-order valence-electron chi connectivity index (χ4n) is 3.36. The average molecular weight is 346 g/mol. The summed E-state index contributed by atoms with van der Waals surface area (Å²) in [5, 5.41) is 8.00. The van der Waals surface area contributed by atoms with Crippen LogP contribution in [0.5, 0.6) is 0 Å². The third-order valence-corrected chi connectivity index (χ3v) is 5.02. The first-order chi connectivity index (χ1) is 11.7. The van der Waals surface area contributed by atoms with Crippen LogP contribution in [0.15, 0.2) is 30.3 Å². The van der Waals surface area contributed by atoms with Crippen LogP contribution in [-0.2, 0) is 0 Å². The van der Waals surface area contributed by atoms with Gasteiger partial charge in [-0.3, -0.25) is 4.79 Å². The molecule has 128 valence electrons. The number of halogens is 1. The van der Waals surface area contributed by atoms with Gasteiger partial charge in [0.2, 0.25) is 0 Å². The Balaban J connectivity index is 1.78. The summed E-state index contributed by atoms with van der Waals surface area (Å²) >= 11 is 6.47. The van der Waals surface area contributed by atoms with E-state index in [1.165, 1.54) is 32.1 Å². The molecular weight excluding hydrogens is 322 g/mol. The summed E-state index contributed by atoms with van der Waals surface area (Å²) in [6, 6.07) is 9.89. The number of hydrogen-bond donors (Lipinski definition) is 1. The molecule has 0 unspecified atom stereocenters. The molecule has 1 aromatic carbocycles. The number of amides is 1. The Morgan fingerprint density at radius 1 is 1.12 bits per heavy atom. The fourth-order valence-corrected chi connectivity index (χ4v) is 3.71. The minimum Gasteiger partial charge on any atom is -0.349 e. The maximum absolute atomic E-state index is 12.7. The quantitative estimate of drug-likeness (QED) is 0.878. The Labute approximate surface area is 148 Å². The van der Waals surface area contributed by atoms with Crippen LogP contribution >= 0.6 is 11.6 Å². The maximum atomic E-state index is 12.7. The summed E-state index contributed by atoms with van der Waals surface area (Å²) in [5.74, 6) is -0.106. The van der Waals surface area contributed by atoms with Gasteiger partial charge < -0.3 is 5.32 Å². The van der Waals surface area contributed by atoms with Crippen molar-refractivity contribution < 1.29 is 4.79 Å². The number of aryl methyl sites for hydroxylation is 1. The minimum absolute atomic E-state index is 0.106. The van der Waals surface area contributed by atoms with Gasteiger partial charge >= 0.3 is 0 Å². The second-order valence-corrected chi connectivity index (χ2v) is 6.87. The third-order valence-electron chi connectivity index (χ3n) is 4.67. The van der Waals surface area contributed by atoms with Crippen LogP contribution < -0.4 is 5.32 Å². The Bertz CT molecular complexity index is 688. The van der Waals surface area contributed by atoms with Gasteiger partial charge in [-0.25, -0.2) is 4.68 Å². The first-order valence-corrected chi connectivity index (χ1v) is 9.16. The zero-order valence-corrected chi connectivity index (χ0v) is 14.9.